The molecule has 0 bridgehead atoms. The smallest absolute Gasteiger partial charge is 0.412 e. The van der Waals surface area contributed by atoms with Crippen molar-refractivity contribution >= 4 is 32.0 Å². The monoisotopic (exact) mass is 423 g/mol. The van der Waals surface area contributed by atoms with E-state index in [0.29, 0.717) is 11.3 Å². The van der Waals surface area contributed by atoms with Crippen molar-refractivity contribution in [3.63, 3.8) is 0 Å². The highest BCUT2D eigenvalue weighted by Crippen LogP contribution is 2.15. The summed E-state index contributed by atoms with van der Waals surface area (Å²) in [5, 5.41) is 2.57. The van der Waals surface area contributed by atoms with Crippen molar-refractivity contribution in [2.24, 2.45) is 0 Å². The van der Waals surface area contributed by atoms with E-state index in [2.05, 4.69) is 9.50 Å². The maximum absolute atomic E-state index is 11.7. The molecule has 1 atom stereocenters. The first-order valence-corrected chi connectivity index (χ1v) is 11.6. The second-order valence-corrected chi connectivity index (χ2v) is 10.2. The molecule has 0 saturated carbocycles. The minimum Gasteiger partial charge on any atom is -0.444 e. The van der Waals surface area contributed by atoms with Crippen molar-refractivity contribution in [1.82, 2.24) is 0 Å². The van der Waals surface area contributed by atoms with Crippen LogP contribution >= 0.6 is 0 Å². The van der Waals surface area contributed by atoms with Gasteiger partial charge in [-0.05, 0) is 38.5 Å². The molecule has 1 aromatic carbocycles. The number of nitrogens with one attached hydrogen (secondary N) is 1. The highest BCUT2D eigenvalue weighted by molar-refractivity contribution is 7.86. The molecule has 0 spiro atoms. The number of amides is 1. The molecular formula is C16H25NO8S2. The lowest BCUT2D eigenvalue weighted by molar-refractivity contribution is 0.0636. The molecule has 11 heteroatoms. The predicted octanol–water partition coefficient (Wildman–Crippen LogP) is 1.90. The normalized spacial score (nSPS) is 13.8. The van der Waals surface area contributed by atoms with Gasteiger partial charge in [0.25, 0.3) is 20.2 Å². The summed E-state index contributed by atoms with van der Waals surface area (Å²) in [6.07, 6.45) is 0.208. The molecule has 0 aliphatic carbocycles. The molecule has 0 unspecified atom stereocenters. The Morgan fingerprint density at radius 1 is 1.04 bits per heavy atom. The van der Waals surface area contributed by atoms with Crippen molar-refractivity contribution in [3.8, 4) is 0 Å². The second kappa shape index (κ2) is 9.00. The minimum absolute atomic E-state index is 0.0926. The first-order valence-electron chi connectivity index (χ1n) is 7.94. The van der Waals surface area contributed by atoms with E-state index in [1.54, 1.807) is 45.0 Å². The van der Waals surface area contributed by atoms with Crippen LogP contribution in [-0.4, -0.2) is 53.8 Å². The molecule has 1 rings (SSSR count). The first kappa shape index (κ1) is 23.3. The standard InChI is InChI=1S/C16H25NO8S2/c1-16(2,3)24-15(18)17-13-8-6-12(7-9-13)10-14(25-27(5,21)22)11-23-26(4,19)20/h6-9,14H,10-11H2,1-5H3,(H,17,18)/t14-/m0/s1. The van der Waals surface area contributed by atoms with Crippen LogP contribution in [0.4, 0.5) is 10.5 Å². The largest absolute Gasteiger partial charge is 0.444 e. The van der Waals surface area contributed by atoms with Crippen molar-refractivity contribution in [2.45, 2.75) is 38.9 Å². The van der Waals surface area contributed by atoms with Gasteiger partial charge >= 0.3 is 6.09 Å². The van der Waals surface area contributed by atoms with Gasteiger partial charge in [-0.2, -0.15) is 16.8 Å². The van der Waals surface area contributed by atoms with Gasteiger partial charge in [-0.3, -0.25) is 13.7 Å². The van der Waals surface area contributed by atoms with Crippen LogP contribution in [0.2, 0.25) is 0 Å². The van der Waals surface area contributed by atoms with Crippen molar-refractivity contribution in [2.75, 3.05) is 24.4 Å². The quantitative estimate of drug-likeness (QED) is 0.629. The molecule has 154 valence electrons. The number of hydrogen-bond acceptors (Lipinski definition) is 8. The van der Waals surface area contributed by atoms with Crippen molar-refractivity contribution < 1.29 is 34.7 Å². The predicted molar refractivity (Wildman–Crippen MR) is 101 cm³/mol. The van der Waals surface area contributed by atoms with Crippen LogP contribution in [0.25, 0.3) is 0 Å². The molecule has 0 aliphatic heterocycles. The summed E-state index contributed by atoms with van der Waals surface area (Å²) in [6, 6.07) is 6.50. The fraction of sp³-hybridized carbons (Fsp3) is 0.562. The maximum Gasteiger partial charge on any atom is 0.412 e. The van der Waals surface area contributed by atoms with Crippen LogP contribution in [0.1, 0.15) is 26.3 Å². The Balaban J connectivity index is 2.77. The number of rotatable bonds is 8. The van der Waals surface area contributed by atoms with Gasteiger partial charge in [0, 0.05) is 12.1 Å². The molecule has 1 aromatic rings. The molecule has 9 nitrogen and oxygen atoms in total. The molecule has 1 amide bonds. The Morgan fingerprint density at radius 3 is 2.04 bits per heavy atom. The number of ether oxygens (including phenoxy) is 1. The lowest BCUT2D eigenvalue weighted by Gasteiger charge is -2.20. The van der Waals surface area contributed by atoms with E-state index in [-0.39, 0.29) is 6.42 Å². The Kier molecular flexibility index (Phi) is 7.78. The van der Waals surface area contributed by atoms with Gasteiger partial charge in [0.15, 0.2) is 0 Å². The van der Waals surface area contributed by atoms with Gasteiger partial charge in [-0.1, -0.05) is 12.1 Å². The summed E-state index contributed by atoms with van der Waals surface area (Å²) in [4.78, 5) is 11.7. The van der Waals surface area contributed by atoms with Crippen LogP contribution in [0.5, 0.6) is 0 Å². The van der Waals surface area contributed by atoms with Gasteiger partial charge < -0.3 is 4.74 Å². The fourth-order valence-corrected chi connectivity index (χ4v) is 2.99. The van der Waals surface area contributed by atoms with Crippen molar-refractivity contribution in [1.29, 1.82) is 0 Å². The SMILES string of the molecule is CC(C)(C)OC(=O)Nc1ccc(C[C@@H](COS(C)(=O)=O)OS(C)(=O)=O)cc1. The van der Waals surface area contributed by atoms with E-state index >= 15 is 0 Å². The highest BCUT2D eigenvalue weighted by atomic mass is 32.2. The van der Waals surface area contributed by atoms with E-state index in [1.165, 1.54) is 0 Å². The summed E-state index contributed by atoms with van der Waals surface area (Å²) in [5.41, 5.74) is 0.524. The van der Waals surface area contributed by atoms with E-state index in [1.807, 2.05) is 0 Å². The van der Waals surface area contributed by atoms with Gasteiger partial charge in [-0.15, -0.1) is 0 Å². The average molecular weight is 424 g/mol. The number of benzene rings is 1. The molecule has 1 N–H and O–H groups in total. The van der Waals surface area contributed by atoms with E-state index < -0.39 is 44.6 Å². The zero-order valence-corrected chi connectivity index (χ0v) is 17.5. The molecule has 0 aromatic heterocycles. The van der Waals surface area contributed by atoms with E-state index in [0.717, 1.165) is 12.5 Å². The molecular weight excluding hydrogens is 398 g/mol. The Morgan fingerprint density at radius 2 is 1.59 bits per heavy atom. The molecule has 0 heterocycles. The zero-order valence-electron chi connectivity index (χ0n) is 15.9. The van der Waals surface area contributed by atoms with Crippen LogP contribution in [0, 0.1) is 0 Å². The van der Waals surface area contributed by atoms with E-state index in [4.69, 9.17) is 8.92 Å². The molecule has 0 fully saturated rings. The number of anilines is 1. The average Bonchev–Trinajstić information content (AvgIpc) is 2.42. The van der Waals surface area contributed by atoms with Gasteiger partial charge in [-0.25, -0.2) is 4.79 Å². The number of carbonyl (C=O) groups excluding carboxylic acids is 1. The molecule has 0 aliphatic rings. The summed E-state index contributed by atoms with van der Waals surface area (Å²) >= 11 is 0. The third-order valence-corrected chi connectivity index (χ3v) is 4.03. The number of carbonyl (C=O) groups is 1. The Bertz CT molecular complexity index is 839. The van der Waals surface area contributed by atoms with E-state index in [9.17, 15) is 21.6 Å². The third kappa shape index (κ3) is 11.6. The fourth-order valence-electron chi connectivity index (χ4n) is 1.98. The lowest BCUT2D eigenvalue weighted by atomic mass is 10.1. The highest BCUT2D eigenvalue weighted by Gasteiger charge is 2.20. The minimum atomic E-state index is -3.80. The summed E-state index contributed by atoms with van der Waals surface area (Å²) in [5.74, 6) is 0. The second-order valence-electron chi connectivity index (χ2n) is 6.94. The topological polar surface area (TPSA) is 125 Å². The Labute approximate surface area is 160 Å². The van der Waals surface area contributed by atoms with Gasteiger partial charge in [0.05, 0.1) is 19.1 Å². The summed E-state index contributed by atoms with van der Waals surface area (Å²) in [6.45, 7) is 4.80. The van der Waals surface area contributed by atoms with Gasteiger partial charge in [0.2, 0.25) is 0 Å². The van der Waals surface area contributed by atoms with Gasteiger partial charge in [0.1, 0.15) is 11.7 Å². The maximum atomic E-state index is 11.7. The van der Waals surface area contributed by atoms with Crippen LogP contribution in [0.15, 0.2) is 24.3 Å². The van der Waals surface area contributed by atoms with Crippen molar-refractivity contribution in [3.05, 3.63) is 29.8 Å². The molecule has 0 saturated heterocycles. The Hall–Kier alpha value is -1.69. The number of hydrogen-bond donors (Lipinski definition) is 1. The molecule has 27 heavy (non-hydrogen) atoms. The van der Waals surface area contributed by atoms with Crippen LogP contribution < -0.4 is 5.32 Å². The van der Waals surface area contributed by atoms with Crippen LogP contribution in [-0.2, 0) is 39.8 Å². The summed E-state index contributed by atoms with van der Waals surface area (Å²) < 4.78 is 59.6. The summed E-state index contributed by atoms with van der Waals surface area (Å²) in [7, 11) is -7.54. The lowest BCUT2D eigenvalue weighted by Crippen LogP contribution is -2.27. The zero-order chi connectivity index (χ0) is 20.9. The first-order chi connectivity index (χ1) is 12.1. The third-order valence-electron chi connectivity index (χ3n) is 2.84. The molecule has 0 radical (unpaired) electrons. The van der Waals surface area contributed by atoms with Crippen LogP contribution in [0.3, 0.4) is 0 Å².